The van der Waals surface area contributed by atoms with Gasteiger partial charge in [0.1, 0.15) is 22.8 Å². The fraction of sp³-hybridized carbons (Fsp3) is 0.286. The summed E-state index contributed by atoms with van der Waals surface area (Å²) in [5.41, 5.74) is 3.32. The lowest BCUT2D eigenvalue weighted by molar-refractivity contribution is 0.0783. The van der Waals surface area contributed by atoms with Crippen LogP contribution in [0.5, 0.6) is 5.75 Å². The van der Waals surface area contributed by atoms with E-state index in [2.05, 4.69) is 19.5 Å². The van der Waals surface area contributed by atoms with Crippen LogP contribution in [0.15, 0.2) is 42.6 Å². The number of hydrogen-bond donors (Lipinski definition) is 1. The van der Waals surface area contributed by atoms with Gasteiger partial charge in [-0.15, -0.1) is 0 Å². The second-order valence-corrected chi connectivity index (χ2v) is 7.21. The zero-order valence-corrected chi connectivity index (χ0v) is 15.8. The predicted molar refractivity (Wildman–Crippen MR) is 107 cm³/mol. The first-order valence-electron chi connectivity index (χ1n) is 9.39. The molecule has 1 N–H and O–H groups in total. The quantitative estimate of drug-likeness (QED) is 0.596. The second kappa shape index (κ2) is 6.37. The number of aromatic nitrogens is 4. The highest BCUT2D eigenvalue weighted by molar-refractivity contribution is 5.98. The lowest BCUT2D eigenvalue weighted by Crippen LogP contribution is -2.29. The van der Waals surface area contributed by atoms with Crippen LogP contribution in [0.25, 0.3) is 22.1 Å². The molecular weight excluding hydrogens is 354 g/mol. The average Bonchev–Trinajstić information content (AvgIpc) is 3.42. The summed E-state index contributed by atoms with van der Waals surface area (Å²) in [5, 5.41) is 0.971. The summed E-state index contributed by atoms with van der Waals surface area (Å²) in [5.74, 6) is 1.74. The number of hydrogen-bond acceptors (Lipinski definition) is 4. The van der Waals surface area contributed by atoms with E-state index in [1.54, 1.807) is 13.3 Å². The van der Waals surface area contributed by atoms with E-state index in [1.165, 1.54) is 0 Å². The van der Waals surface area contributed by atoms with Crippen LogP contribution in [0.4, 0.5) is 0 Å². The van der Waals surface area contributed by atoms with Crippen LogP contribution in [-0.4, -0.2) is 50.5 Å². The SMILES string of the molecule is COc1ccc2[nH]c(C(=O)N3CC[C@H](n4c(C)nc5cccnc54)C3)cc2c1. The number of fused-ring (bicyclic) bond motifs is 2. The summed E-state index contributed by atoms with van der Waals surface area (Å²) in [6.45, 7) is 3.37. The van der Waals surface area contributed by atoms with E-state index in [0.717, 1.165) is 40.1 Å². The van der Waals surface area contributed by atoms with Crippen molar-refractivity contribution in [1.29, 1.82) is 0 Å². The van der Waals surface area contributed by atoms with Gasteiger partial charge in [-0.2, -0.15) is 0 Å². The Morgan fingerprint density at radius 2 is 2.18 bits per heavy atom. The first-order valence-corrected chi connectivity index (χ1v) is 9.39. The maximum absolute atomic E-state index is 13.1. The number of carbonyl (C=O) groups excluding carboxylic acids is 1. The number of pyridine rings is 1. The lowest BCUT2D eigenvalue weighted by atomic mass is 10.2. The van der Waals surface area contributed by atoms with Crippen molar-refractivity contribution < 1.29 is 9.53 Å². The van der Waals surface area contributed by atoms with Crippen molar-refractivity contribution in [1.82, 2.24) is 24.4 Å². The van der Waals surface area contributed by atoms with E-state index in [0.29, 0.717) is 18.8 Å². The van der Waals surface area contributed by atoms with Gasteiger partial charge in [-0.25, -0.2) is 9.97 Å². The number of nitrogens with one attached hydrogen (secondary N) is 1. The minimum absolute atomic E-state index is 0.0210. The van der Waals surface area contributed by atoms with E-state index in [1.807, 2.05) is 48.2 Å². The van der Waals surface area contributed by atoms with Crippen molar-refractivity contribution in [3.05, 3.63) is 54.1 Å². The molecule has 5 rings (SSSR count). The molecule has 1 saturated heterocycles. The van der Waals surface area contributed by atoms with Crippen LogP contribution in [0.2, 0.25) is 0 Å². The fourth-order valence-corrected chi connectivity index (χ4v) is 4.14. The number of rotatable bonds is 3. The highest BCUT2D eigenvalue weighted by Crippen LogP contribution is 2.29. The maximum atomic E-state index is 13.1. The fourth-order valence-electron chi connectivity index (χ4n) is 4.14. The molecule has 1 aromatic carbocycles. The van der Waals surface area contributed by atoms with Crippen LogP contribution >= 0.6 is 0 Å². The molecule has 1 atom stereocenters. The van der Waals surface area contributed by atoms with Crippen LogP contribution in [0, 0.1) is 6.92 Å². The highest BCUT2D eigenvalue weighted by Gasteiger charge is 2.30. The van der Waals surface area contributed by atoms with Gasteiger partial charge < -0.3 is 19.2 Å². The Morgan fingerprint density at radius 1 is 1.29 bits per heavy atom. The standard InChI is InChI=1S/C21H21N5O2/c1-13-23-18-4-3-8-22-20(18)26(13)15-7-9-25(12-15)21(27)19-11-14-10-16(28-2)5-6-17(14)24-19/h3-6,8,10-11,15,24H,7,9,12H2,1-2H3/t15-/m0/s1. The number of carbonyl (C=O) groups is 1. The molecule has 28 heavy (non-hydrogen) atoms. The Kier molecular flexibility index (Phi) is 3.82. The molecule has 1 aliphatic heterocycles. The molecule has 0 spiro atoms. The van der Waals surface area contributed by atoms with Crippen molar-refractivity contribution >= 4 is 28.0 Å². The molecule has 0 bridgehead atoms. The number of benzene rings is 1. The lowest BCUT2D eigenvalue weighted by Gasteiger charge is -2.17. The minimum atomic E-state index is 0.0210. The predicted octanol–water partition coefficient (Wildman–Crippen LogP) is 3.32. The molecule has 7 nitrogen and oxygen atoms in total. The number of methoxy groups -OCH3 is 1. The molecule has 0 unspecified atom stereocenters. The summed E-state index contributed by atoms with van der Waals surface area (Å²) in [6, 6.07) is 11.7. The van der Waals surface area contributed by atoms with Crippen molar-refractivity contribution in [3.63, 3.8) is 0 Å². The number of amides is 1. The van der Waals surface area contributed by atoms with Crippen molar-refractivity contribution in [3.8, 4) is 5.75 Å². The third-order valence-electron chi connectivity index (χ3n) is 5.50. The number of nitrogens with zero attached hydrogens (tertiary/aromatic N) is 4. The van der Waals surface area contributed by atoms with Crippen LogP contribution in [0.3, 0.4) is 0 Å². The summed E-state index contributed by atoms with van der Waals surface area (Å²) < 4.78 is 7.44. The number of likely N-dealkylation sites (tertiary alicyclic amines) is 1. The Morgan fingerprint density at radius 3 is 3.04 bits per heavy atom. The van der Waals surface area contributed by atoms with Gasteiger partial charge in [0.15, 0.2) is 5.65 Å². The van der Waals surface area contributed by atoms with Gasteiger partial charge in [-0.1, -0.05) is 0 Å². The number of aryl methyl sites for hydroxylation is 1. The van der Waals surface area contributed by atoms with Gasteiger partial charge in [-0.05, 0) is 49.7 Å². The molecule has 1 aliphatic rings. The van der Waals surface area contributed by atoms with Crippen molar-refractivity contribution in [2.24, 2.45) is 0 Å². The number of H-pyrrole nitrogens is 1. The zero-order valence-electron chi connectivity index (χ0n) is 15.8. The molecule has 1 amide bonds. The van der Waals surface area contributed by atoms with E-state index < -0.39 is 0 Å². The molecule has 0 aliphatic carbocycles. The Hall–Kier alpha value is -3.35. The largest absolute Gasteiger partial charge is 0.497 e. The Labute approximate surface area is 162 Å². The van der Waals surface area contributed by atoms with Crippen LogP contribution in [-0.2, 0) is 0 Å². The molecule has 1 fully saturated rings. The smallest absolute Gasteiger partial charge is 0.270 e. The molecule has 3 aromatic heterocycles. The summed E-state index contributed by atoms with van der Waals surface area (Å²) in [6.07, 6.45) is 2.68. The summed E-state index contributed by atoms with van der Waals surface area (Å²) >= 11 is 0. The van der Waals surface area contributed by atoms with Crippen molar-refractivity contribution in [2.45, 2.75) is 19.4 Å². The molecule has 7 heteroatoms. The van der Waals surface area contributed by atoms with Gasteiger partial charge in [0, 0.05) is 30.2 Å². The van der Waals surface area contributed by atoms with Gasteiger partial charge in [0.05, 0.1) is 13.2 Å². The highest BCUT2D eigenvalue weighted by atomic mass is 16.5. The Balaban J connectivity index is 1.41. The maximum Gasteiger partial charge on any atom is 0.270 e. The van der Waals surface area contributed by atoms with E-state index in [4.69, 9.17) is 4.74 Å². The monoisotopic (exact) mass is 375 g/mol. The third kappa shape index (κ3) is 2.62. The van der Waals surface area contributed by atoms with Crippen LogP contribution in [0.1, 0.15) is 28.8 Å². The minimum Gasteiger partial charge on any atom is -0.497 e. The second-order valence-electron chi connectivity index (χ2n) is 7.21. The van der Waals surface area contributed by atoms with E-state index in [-0.39, 0.29) is 11.9 Å². The first-order chi connectivity index (χ1) is 13.6. The summed E-state index contributed by atoms with van der Waals surface area (Å²) in [7, 11) is 1.64. The molecule has 4 heterocycles. The van der Waals surface area contributed by atoms with Gasteiger partial charge in [0.25, 0.3) is 5.91 Å². The topological polar surface area (TPSA) is 76.0 Å². The summed E-state index contributed by atoms with van der Waals surface area (Å²) in [4.78, 5) is 27.3. The molecule has 4 aromatic rings. The number of ether oxygens (including phenoxy) is 1. The zero-order chi connectivity index (χ0) is 19.3. The van der Waals surface area contributed by atoms with Crippen LogP contribution < -0.4 is 4.74 Å². The first kappa shape index (κ1) is 16.8. The molecular formula is C21H21N5O2. The van der Waals surface area contributed by atoms with E-state index in [9.17, 15) is 4.79 Å². The third-order valence-corrected chi connectivity index (χ3v) is 5.50. The number of aromatic amines is 1. The van der Waals surface area contributed by atoms with Crippen molar-refractivity contribution in [2.75, 3.05) is 20.2 Å². The van der Waals surface area contributed by atoms with Gasteiger partial charge in [0.2, 0.25) is 0 Å². The van der Waals surface area contributed by atoms with Gasteiger partial charge >= 0.3 is 0 Å². The number of imidazole rings is 1. The average molecular weight is 375 g/mol. The molecule has 0 saturated carbocycles. The molecule has 142 valence electrons. The Bertz CT molecular complexity index is 1190. The van der Waals surface area contributed by atoms with Gasteiger partial charge in [-0.3, -0.25) is 4.79 Å². The normalized spacial score (nSPS) is 16.9. The molecule has 0 radical (unpaired) electrons. The van der Waals surface area contributed by atoms with E-state index >= 15 is 0 Å².